The Morgan fingerprint density at radius 2 is 1.88 bits per heavy atom. The molecular weight excluding hydrogens is 371 g/mol. The molecule has 4 nitrogen and oxygen atoms in total. The molecule has 0 bridgehead atoms. The third kappa shape index (κ3) is 3.72. The van der Waals surface area contributed by atoms with Gasteiger partial charge in [0.15, 0.2) is 0 Å². The van der Waals surface area contributed by atoms with Crippen LogP contribution in [0.2, 0.25) is 5.02 Å². The van der Waals surface area contributed by atoms with Gasteiger partial charge in [0.1, 0.15) is 11.6 Å². The van der Waals surface area contributed by atoms with Gasteiger partial charge in [0, 0.05) is 17.1 Å². The van der Waals surface area contributed by atoms with Gasteiger partial charge in [0.25, 0.3) is 0 Å². The highest BCUT2D eigenvalue weighted by molar-refractivity contribution is 7.71. The van der Waals surface area contributed by atoms with E-state index < -0.39 is 0 Å². The predicted molar refractivity (Wildman–Crippen MR) is 105 cm³/mol. The zero-order valence-corrected chi connectivity index (χ0v) is 16.5. The van der Waals surface area contributed by atoms with Gasteiger partial charge in [0.2, 0.25) is 4.77 Å². The number of aromatic nitrogens is 3. The fourth-order valence-corrected chi connectivity index (χ4v) is 3.48. The highest BCUT2D eigenvalue weighted by Gasteiger charge is 2.14. The van der Waals surface area contributed by atoms with Crippen molar-refractivity contribution >= 4 is 23.8 Å². The van der Waals surface area contributed by atoms with Crippen molar-refractivity contribution in [2.75, 3.05) is 7.05 Å². The van der Waals surface area contributed by atoms with E-state index in [1.54, 1.807) is 16.8 Å². The Labute approximate surface area is 162 Å². The quantitative estimate of drug-likeness (QED) is 0.579. The molecule has 3 rings (SSSR count). The van der Waals surface area contributed by atoms with E-state index >= 15 is 0 Å². The van der Waals surface area contributed by atoms with Gasteiger partial charge in [-0.2, -0.15) is 5.10 Å². The van der Waals surface area contributed by atoms with Crippen molar-refractivity contribution in [1.29, 1.82) is 0 Å². The van der Waals surface area contributed by atoms with Gasteiger partial charge in [0.05, 0.1) is 12.4 Å². The Bertz CT molecular complexity index is 975. The Hall–Kier alpha value is -2.02. The second-order valence-corrected chi connectivity index (χ2v) is 7.08. The van der Waals surface area contributed by atoms with Gasteiger partial charge in [-0.25, -0.2) is 9.07 Å². The highest BCUT2D eigenvalue weighted by atomic mass is 35.5. The molecule has 0 spiro atoms. The zero-order valence-electron chi connectivity index (χ0n) is 14.9. The highest BCUT2D eigenvalue weighted by Crippen LogP contribution is 2.21. The SMILES string of the molecule is Cc1ccccc1-n1c(C)nn(CN(C)Cc2c(F)cccc2Cl)c1=S. The van der Waals surface area contributed by atoms with E-state index in [2.05, 4.69) is 5.10 Å². The molecule has 0 aliphatic heterocycles. The summed E-state index contributed by atoms with van der Waals surface area (Å²) in [5, 5.41) is 4.98. The maximum Gasteiger partial charge on any atom is 0.203 e. The first-order chi connectivity index (χ1) is 12.4. The Kier molecular flexibility index (Phi) is 5.55. The lowest BCUT2D eigenvalue weighted by Gasteiger charge is -2.17. The number of para-hydroxylation sites is 1. The average molecular weight is 391 g/mol. The number of hydrogen-bond acceptors (Lipinski definition) is 3. The number of aryl methyl sites for hydroxylation is 2. The maximum atomic E-state index is 14.0. The van der Waals surface area contributed by atoms with Crippen molar-refractivity contribution in [3.8, 4) is 5.69 Å². The molecule has 0 aliphatic carbocycles. The fourth-order valence-electron chi connectivity index (χ4n) is 2.93. The van der Waals surface area contributed by atoms with Crippen LogP contribution in [0.3, 0.4) is 0 Å². The minimum atomic E-state index is -0.311. The molecule has 0 saturated heterocycles. The molecule has 0 radical (unpaired) electrons. The van der Waals surface area contributed by atoms with Crippen molar-refractivity contribution in [1.82, 2.24) is 19.2 Å². The van der Waals surface area contributed by atoms with Gasteiger partial charge in [-0.1, -0.05) is 35.9 Å². The number of rotatable bonds is 5. The molecule has 3 aromatic rings. The molecule has 0 atom stereocenters. The largest absolute Gasteiger partial charge is 0.283 e. The lowest BCUT2D eigenvalue weighted by atomic mass is 10.2. The van der Waals surface area contributed by atoms with Crippen LogP contribution in [0.15, 0.2) is 42.5 Å². The summed E-state index contributed by atoms with van der Waals surface area (Å²) in [6.45, 7) is 4.76. The van der Waals surface area contributed by atoms with Crippen LogP contribution >= 0.6 is 23.8 Å². The minimum absolute atomic E-state index is 0.311. The van der Waals surface area contributed by atoms with E-state index in [1.165, 1.54) is 6.07 Å². The van der Waals surface area contributed by atoms with Crippen LogP contribution in [0.1, 0.15) is 17.0 Å². The first kappa shape index (κ1) is 18.8. The number of hydrogen-bond donors (Lipinski definition) is 0. The first-order valence-corrected chi connectivity index (χ1v) is 9.01. The molecule has 0 N–H and O–H groups in total. The standard InChI is InChI=1S/C19H20ClFN4S/c1-13-7-4-5-10-18(13)25-14(2)22-24(19(25)26)12-23(3)11-15-16(20)8-6-9-17(15)21/h4-10H,11-12H2,1-3H3. The number of benzene rings is 2. The summed E-state index contributed by atoms with van der Waals surface area (Å²) in [5.74, 6) is 0.496. The molecule has 0 aliphatic rings. The van der Waals surface area contributed by atoms with Crippen molar-refractivity contribution in [2.24, 2.45) is 0 Å². The lowest BCUT2D eigenvalue weighted by molar-refractivity contribution is 0.241. The Morgan fingerprint density at radius 1 is 1.15 bits per heavy atom. The second kappa shape index (κ2) is 7.70. The van der Waals surface area contributed by atoms with Gasteiger partial charge < -0.3 is 0 Å². The molecule has 7 heteroatoms. The van der Waals surface area contributed by atoms with Crippen molar-refractivity contribution in [3.63, 3.8) is 0 Å². The van der Waals surface area contributed by atoms with Crippen molar-refractivity contribution < 1.29 is 4.39 Å². The predicted octanol–water partition coefficient (Wildman–Crippen LogP) is 4.90. The summed E-state index contributed by atoms with van der Waals surface area (Å²) in [5.41, 5.74) is 2.61. The molecule has 2 aromatic carbocycles. The molecule has 26 heavy (non-hydrogen) atoms. The van der Waals surface area contributed by atoms with Crippen LogP contribution in [0, 0.1) is 24.4 Å². The van der Waals surface area contributed by atoms with E-state index in [9.17, 15) is 4.39 Å². The Balaban J connectivity index is 1.86. The van der Waals surface area contributed by atoms with Crippen LogP contribution in [-0.2, 0) is 13.2 Å². The van der Waals surface area contributed by atoms with E-state index in [0.717, 1.165) is 17.1 Å². The monoisotopic (exact) mass is 390 g/mol. The minimum Gasteiger partial charge on any atom is -0.283 e. The number of nitrogens with zero attached hydrogens (tertiary/aromatic N) is 4. The van der Waals surface area contributed by atoms with Crippen molar-refractivity contribution in [3.05, 3.63) is 75.0 Å². The molecule has 0 unspecified atom stereocenters. The van der Waals surface area contributed by atoms with Gasteiger partial charge in [-0.3, -0.25) is 9.47 Å². The Morgan fingerprint density at radius 3 is 2.58 bits per heavy atom. The summed E-state index contributed by atoms with van der Waals surface area (Å²) in [6.07, 6.45) is 0. The second-order valence-electron chi connectivity index (χ2n) is 6.31. The summed E-state index contributed by atoms with van der Waals surface area (Å²) in [6, 6.07) is 12.7. The fraction of sp³-hybridized carbons (Fsp3) is 0.263. The van der Waals surface area contributed by atoms with Crippen LogP contribution in [-0.4, -0.2) is 26.3 Å². The molecule has 1 aromatic heterocycles. The lowest BCUT2D eigenvalue weighted by Crippen LogP contribution is -2.23. The summed E-state index contributed by atoms with van der Waals surface area (Å²) >= 11 is 11.7. The molecule has 0 amide bonds. The smallest absolute Gasteiger partial charge is 0.203 e. The number of halogens is 2. The molecule has 1 heterocycles. The molecule has 136 valence electrons. The van der Waals surface area contributed by atoms with Crippen LogP contribution < -0.4 is 0 Å². The first-order valence-electron chi connectivity index (χ1n) is 8.22. The van der Waals surface area contributed by atoms with E-state index in [-0.39, 0.29) is 5.82 Å². The van der Waals surface area contributed by atoms with Gasteiger partial charge in [-0.05, 0) is 56.9 Å². The van der Waals surface area contributed by atoms with Crippen LogP contribution in [0.4, 0.5) is 4.39 Å². The van der Waals surface area contributed by atoms with Crippen LogP contribution in [0.5, 0.6) is 0 Å². The van der Waals surface area contributed by atoms with Gasteiger partial charge >= 0.3 is 0 Å². The summed E-state index contributed by atoms with van der Waals surface area (Å²) in [7, 11) is 1.88. The van der Waals surface area contributed by atoms with Crippen molar-refractivity contribution in [2.45, 2.75) is 27.1 Å². The molecular formula is C19H20ClFN4S. The maximum absolute atomic E-state index is 14.0. The average Bonchev–Trinajstić information content (AvgIpc) is 2.86. The molecule has 0 fully saturated rings. The van der Waals surface area contributed by atoms with E-state index in [4.69, 9.17) is 23.8 Å². The van der Waals surface area contributed by atoms with E-state index in [1.807, 2.05) is 54.6 Å². The summed E-state index contributed by atoms with van der Waals surface area (Å²) in [4.78, 5) is 1.93. The molecule has 0 saturated carbocycles. The topological polar surface area (TPSA) is 26.0 Å². The third-order valence-electron chi connectivity index (χ3n) is 4.22. The zero-order chi connectivity index (χ0) is 18.8. The van der Waals surface area contributed by atoms with Gasteiger partial charge in [-0.15, -0.1) is 0 Å². The normalized spacial score (nSPS) is 11.3. The van der Waals surface area contributed by atoms with Crippen LogP contribution in [0.25, 0.3) is 5.69 Å². The summed E-state index contributed by atoms with van der Waals surface area (Å²) < 4.78 is 18.3. The third-order valence-corrected chi connectivity index (χ3v) is 4.97. The van der Waals surface area contributed by atoms with E-state index in [0.29, 0.717) is 28.6 Å².